The zero-order valence-corrected chi connectivity index (χ0v) is 10.6. The Morgan fingerprint density at radius 1 is 0.867 bits per heavy atom. The molecule has 0 amide bonds. The van der Waals surface area contributed by atoms with E-state index in [4.69, 9.17) is 0 Å². The van der Waals surface area contributed by atoms with Crippen LogP contribution >= 0.6 is 30.9 Å². The summed E-state index contributed by atoms with van der Waals surface area (Å²) in [5.41, 5.74) is 1.42. The van der Waals surface area contributed by atoms with Crippen LogP contribution in [0.5, 0.6) is 0 Å². The predicted octanol–water partition coefficient (Wildman–Crippen LogP) is 5.17. The summed E-state index contributed by atoms with van der Waals surface area (Å²) in [6, 6.07) is 10.9. The molecule has 0 saturated carbocycles. The molecule has 0 radical (unpaired) electrons. The van der Waals surface area contributed by atoms with Crippen molar-refractivity contribution in [1.82, 2.24) is 0 Å². The van der Waals surface area contributed by atoms with Gasteiger partial charge in [-0.3, -0.25) is 0 Å². The van der Waals surface area contributed by atoms with Gasteiger partial charge in [-0.2, -0.15) is 0 Å². The van der Waals surface area contributed by atoms with Gasteiger partial charge in [0.25, 0.3) is 0 Å². The molecule has 15 heavy (non-hydrogen) atoms. The number of hydrogen-bond acceptors (Lipinski definition) is 2. The second-order valence-electron chi connectivity index (χ2n) is 3.22. The van der Waals surface area contributed by atoms with Gasteiger partial charge in [0.1, 0.15) is 0 Å². The monoisotopic (exact) mass is 248 g/mol. The van der Waals surface area contributed by atoms with Crippen molar-refractivity contribution >= 4 is 30.9 Å². The molecule has 0 spiro atoms. The molecule has 3 rings (SSSR count). The Bertz CT molecular complexity index is 483. The highest BCUT2D eigenvalue weighted by Crippen LogP contribution is 2.42. The Morgan fingerprint density at radius 2 is 1.60 bits per heavy atom. The molecule has 1 atom stereocenters. The molecule has 3 aromatic heterocycles. The first-order valence-corrected chi connectivity index (χ1v) is 7.54. The molecule has 3 heteroatoms. The van der Waals surface area contributed by atoms with Crippen LogP contribution < -0.4 is 0 Å². The van der Waals surface area contributed by atoms with Crippen LogP contribution in [0.3, 0.4) is 0 Å². The van der Waals surface area contributed by atoms with Crippen molar-refractivity contribution in [3.63, 3.8) is 0 Å². The standard InChI is InChI=1S/C12H9PS2/c1-3-10(14-7-1)9-5-6-13-12(9)11-4-2-8-15-11/h1-8,13H. The van der Waals surface area contributed by atoms with Gasteiger partial charge in [0.15, 0.2) is 0 Å². The molecule has 0 aromatic carbocycles. The average Bonchev–Trinajstić information content (AvgIpc) is 3.01. The van der Waals surface area contributed by atoms with Gasteiger partial charge in [-0.15, -0.1) is 30.9 Å². The molecule has 0 aliphatic heterocycles. The van der Waals surface area contributed by atoms with Crippen molar-refractivity contribution in [3.8, 4) is 20.6 Å². The minimum Gasteiger partial charge on any atom is -0.144 e. The summed E-state index contributed by atoms with van der Waals surface area (Å²) in [7, 11) is 0.829. The van der Waals surface area contributed by atoms with Crippen LogP contribution in [0, 0.1) is 0 Å². The summed E-state index contributed by atoms with van der Waals surface area (Å²) in [6.07, 6.45) is 0. The van der Waals surface area contributed by atoms with Crippen molar-refractivity contribution in [3.05, 3.63) is 46.9 Å². The zero-order chi connectivity index (χ0) is 10.1. The summed E-state index contributed by atoms with van der Waals surface area (Å²) in [5.74, 6) is 2.28. The fourth-order valence-electron chi connectivity index (χ4n) is 1.63. The second kappa shape index (κ2) is 3.97. The van der Waals surface area contributed by atoms with Crippen LogP contribution in [-0.4, -0.2) is 0 Å². The highest BCUT2D eigenvalue weighted by molar-refractivity contribution is 7.35. The number of hydrogen-bond donors (Lipinski definition) is 0. The molecule has 0 N–H and O–H groups in total. The lowest BCUT2D eigenvalue weighted by Crippen LogP contribution is -1.69. The Morgan fingerprint density at radius 3 is 2.27 bits per heavy atom. The molecule has 3 aromatic rings. The molecule has 0 bridgehead atoms. The predicted molar refractivity (Wildman–Crippen MR) is 72.6 cm³/mol. The lowest BCUT2D eigenvalue weighted by atomic mass is 10.2. The quantitative estimate of drug-likeness (QED) is 0.586. The maximum atomic E-state index is 2.28. The summed E-state index contributed by atoms with van der Waals surface area (Å²) < 4.78 is 0. The molecular weight excluding hydrogens is 239 g/mol. The molecule has 74 valence electrons. The van der Waals surface area contributed by atoms with Gasteiger partial charge in [0.2, 0.25) is 0 Å². The van der Waals surface area contributed by atoms with E-state index in [1.807, 2.05) is 22.7 Å². The number of thiophene rings is 2. The third-order valence-corrected chi connectivity index (χ3v) is 5.43. The van der Waals surface area contributed by atoms with Gasteiger partial charge < -0.3 is 0 Å². The second-order valence-corrected chi connectivity index (χ2v) is 6.24. The first kappa shape index (κ1) is 9.41. The van der Waals surface area contributed by atoms with Gasteiger partial charge >= 0.3 is 0 Å². The SMILES string of the molecule is c1csc(-c2cc[pH]c2-c2cccs2)c1. The Hall–Kier alpha value is -0.820. The van der Waals surface area contributed by atoms with E-state index in [-0.39, 0.29) is 0 Å². The molecule has 0 nitrogen and oxygen atoms in total. The zero-order valence-electron chi connectivity index (χ0n) is 7.94. The molecular formula is C12H9PS2. The summed E-state index contributed by atoms with van der Waals surface area (Å²) in [4.78, 5) is 2.81. The Kier molecular flexibility index (Phi) is 2.49. The third kappa shape index (κ3) is 1.69. The van der Waals surface area contributed by atoms with Gasteiger partial charge in [0, 0.05) is 20.6 Å². The van der Waals surface area contributed by atoms with E-state index in [2.05, 4.69) is 46.9 Å². The largest absolute Gasteiger partial charge is 0.144 e. The lowest BCUT2D eigenvalue weighted by molar-refractivity contribution is 1.86. The van der Waals surface area contributed by atoms with Crippen molar-refractivity contribution in [2.24, 2.45) is 0 Å². The van der Waals surface area contributed by atoms with Crippen LogP contribution in [-0.2, 0) is 0 Å². The topological polar surface area (TPSA) is 0 Å². The average molecular weight is 248 g/mol. The van der Waals surface area contributed by atoms with Gasteiger partial charge in [-0.05, 0) is 34.8 Å². The normalized spacial score (nSPS) is 11.2. The fourth-order valence-corrected chi connectivity index (χ4v) is 4.54. The number of rotatable bonds is 2. The third-order valence-electron chi connectivity index (χ3n) is 2.30. The molecule has 1 unspecified atom stereocenters. The van der Waals surface area contributed by atoms with E-state index >= 15 is 0 Å². The Labute approximate surface area is 98.3 Å². The molecule has 0 fully saturated rings. The van der Waals surface area contributed by atoms with E-state index in [0.717, 1.165) is 8.19 Å². The smallest absolute Gasteiger partial charge is 0.0386 e. The first-order chi connectivity index (χ1) is 7.45. The first-order valence-electron chi connectivity index (χ1n) is 4.70. The summed E-state index contributed by atoms with van der Waals surface area (Å²) in [5, 5.41) is 5.80. The van der Waals surface area contributed by atoms with E-state index < -0.39 is 0 Å². The lowest BCUT2D eigenvalue weighted by Gasteiger charge is -1.98. The molecule has 0 saturated heterocycles. The molecule has 0 aliphatic carbocycles. The maximum Gasteiger partial charge on any atom is 0.0386 e. The van der Waals surface area contributed by atoms with E-state index in [1.165, 1.54) is 20.6 Å². The van der Waals surface area contributed by atoms with Gasteiger partial charge in [0.05, 0.1) is 0 Å². The Balaban J connectivity index is 2.15. The van der Waals surface area contributed by atoms with Gasteiger partial charge in [-0.1, -0.05) is 12.1 Å². The van der Waals surface area contributed by atoms with Crippen molar-refractivity contribution in [2.75, 3.05) is 0 Å². The van der Waals surface area contributed by atoms with Gasteiger partial charge in [-0.25, -0.2) is 0 Å². The fraction of sp³-hybridized carbons (Fsp3) is 0. The van der Waals surface area contributed by atoms with E-state index in [9.17, 15) is 0 Å². The summed E-state index contributed by atoms with van der Waals surface area (Å²) >= 11 is 3.66. The highest BCUT2D eigenvalue weighted by atomic mass is 32.1. The maximum absolute atomic E-state index is 2.28. The van der Waals surface area contributed by atoms with E-state index in [1.54, 1.807) is 0 Å². The van der Waals surface area contributed by atoms with Crippen LogP contribution in [0.15, 0.2) is 46.9 Å². The van der Waals surface area contributed by atoms with Crippen molar-refractivity contribution < 1.29 is 0 Å². The summed E-state index contributed by atoms with van der Waals surface area (Å²) in [6.45, 7) is 0. The van der Waals surface area contributed by atoms with Crippen LogP contribution in [0.2, 0.25) is 0 Å². The molecule has 3 heterocycles. The van der Waals surface area contributed by atoms with Crippen molar-refractivity contribution in [1.29, 1.82) is 0 Å². The van der Waals surface area contributed by atoms with Crippen LogP contribution in [0.25, 0.3) is 20.6 Å². The van der Waals surface area contributed by atoms with Crippen LogP contribution in [0.1, 0.15) is 0 Å². The highest BCUT2D eigenvalue weighted by Gasteiger charge is 2.08. The minimum absolute atomic E-state index is 0.829. The van der Waals surface area contributed by atoms with Crippen molar-refractivity contribution in [2.45, 2.75) is 0 Å². The minimum atomic E-state index is 0.829. The van der Waals surface area contributed by atoms with Crippen LogP contribution in [0.4, 0.5) is 0 Å². The molecule has 0 aliphatic rings. The van der Waals surface area contributed by atoms with E-state index in [0.29, 0.717) is 0 Å².